The lowest BCUT2D eigenvalue weighted by Gasteiger charge is -2.37. The molecule has 0 heterocycles. The molecule has 1 aromatic rings. The second kappa shape index (κ2) is 6.28. The molecule has 2 heteroatoms. The molecule has 0 aliphatic heterocycles. The highest BCUT2D eigenvalue weighted by atomic mass is 16.5. The first kappa shape index (κ1) is 15.5. The number of hydrogen-bond acceptors (Lipinski definition) is 2. The van der Waals surface area contributed by atoms with Gasteiger partial charge in [-0.1, -0.05) is 30.5 Å². The van der Waals surface area contributed by atoms with Crippen molar-refractivity contribution in [1.82, 2.24) is 5.32 Å². The van der Waals surface area contributed by atoms with Gasteiger partial charge < -0.3 is 10.1 Å². The number of benzene rings is 1. The third-order valence-corrected chi connectivity index (χ3v) is 5.09. The summed E-state index contributed by atoms with van der Waals surface area (Å²) in [6, 6.07) is 4.99. The first-order valence-electron chi connectivity index (χ1n) is 7.81. The van der Waals surface area contributed by atoms with Crippen molar-refractivity contribution in [1.29, 1.82) is 0 Å². The van der Waals surface area contributed by atoms with Crippen LogP contribution in [0, 0.1) is 20.8 Å². The maximum atomic E-state index is 5.96. The molecular formula is C18H29NO. The number of methoxy groups -OCH3 is 1. The van der Waals surface area contributed by atoms with E-state index in [9.17, 15) is 0 Å². The Balaban J connectivity index is 2.27. The van der Waals surface area contributed by atoms with Gasteiger partial charge in [-0.2, -0.15) is 0 Å². The van der Waals surface area contributed by atoms with Crippen LogP contribution in [0.2, 0.25) is 0 Å². The van der Waals surface area contributed by atoms with Gasteiger partial charge >= 0.3 is 0 Å². The molecule has 1 N–H and O–H groups in total. The molecule has 0 saturated heterocycles. The molecule has 20 heavy (non-hydrogen) atoms. The van der Waals surface area contributed by atoms with Crippen molar-refractivity contribution in [3.05, 3.63) is 34.4 Å². The minimum absolute atomic E-state index is 0.0263. The average Bonchev–Trinajstić information content (AvgIpc) is 2.88. The van der Waals surface area contributed by atoms with Crippen LogP contribution in [0.1, 0.15) is 47.9 Å². The summed E-state index contributed by atoms with van der Waals surface area (Å²) in [6.45, 7) is 6.64. The van der Waals surface area contributed by atoms with Crippen LogP contribution in [0.25, 0.3) is 0 Å². The predicted octanol–water partition coefficient (Wildman–Crippen LogP) is 3.70. The predicted molar refractivity (Wildman–Crippen MR) is 85.4 cm³/mol. The van der Waals surface area contributed by atoms with Gasteiger partial charge in [0.1, 0.15) is 0 Å². The molecule has 1 aliphatic rings. The van der Waals surface area contributed by atoms with Gasteiger partial charge in [0.2, 0.25) is 0 Å². The number of ether oxygens (including phenoxy) is 1. The molecule has 1 aromatic carbocycles. The molecular weight excluding hydrogens is 246 g/mol. The van der Waals surface area contributed by atoms with E-state index in [1.165, 1.54) is 47.9 Å². The molecule has 112 valence electrons. The monoisotopic (exact) mass is 275 g/mol. The Morgan fingerprint density at radius 2 is 1.70 bits per heavy atom. The van der Waals surface area contributed by atoms with Crippen LogP contribution < -0.4 is 5.32 Å². The van der Waals surface area contributed by atoms with E-state index in [2.05, 4.69) is 45.3 Å². The molecule has 0 bridgehead atoms. The van der Waals surface area contributed by atoms with Gasteiger partial charge in [-0.15, -0.1) is 0 Å². The zero-order valence-electron chi connectivity index (χ0n) is 13.7. The van der Waals surface area contributed by atoms with E-state index >= 15 is 0 Å². The Bertz CT molecular complexity index is 437. The minimum Gasteiger partial charge on any atom is -0.377 e. The molecule has 1 atom stereocenters. The van der Waals surface area contributed by atoms with Crippen LogP contribution in [-0.4, -0.2) is 25.8 Å². The van der Waals surface area contributed by atoms with E-state index in [1.807, 2.05) is 7.11 Å². The first-order chi connectivity index (χ1) is 9.52. The fourth-order valence-corrected chi connectivity index (χ4v) is 3.96. The standard InChI is InChI=1S/C18H29NO/c1-13-10-14(2)16(15(3)11-13)12-17(19-4)18(20-5)8-6-7-9-18/h10-11,17,19H,6-9,12H2,1-5H3. The van der Waals surface area contributed by atoms with Gasteiger partial charge in [-0.3, -0.25) is 0 Å². The van der Waals surface area contributed by atoms with Crippen molar-refractivity contribution in [2.45, 2.75) is 64.5 Å². The molecule has 0 aromatic heterocycles. The van der Waals surface area contributed by atoms with Gasteiger partial charge in [0.25, 0.3) is 0 Å². The minimum atomic E-state index is 0.0263. The maximum absolute atomic E-state index is 5.96. The Morgan fingerprint density at radius 3 is 2.15 bits per heavy atom. The molecule has 0 spiro atoms. The third-order valence-electron chi connectivity index (χ3n) is 5.09. The highest BCUT2D eigenvalue weighted by molar-refractivity contribution is 5.38. The van der Waals surface area contributed by atoms with Crippen LogP contribution in [0.5, 0.6) is 0 Å². The van der Waals surface area contributed by atoms with Gasteiger partial charge in [0, 0.05) is 13.2 Å². The largest absolute Gasteiger partial charge is 0.377 e. The van der Waals surface area contributed by atoms with Crippen molar-refractivity contribution in [2.75, 3.05) is 14.2 Å². The number of aryl methyl sites for hydroxylation is 3. The van der Waals surface area contributed by atoms with E-state index in [0.29, 0.717) is 6.04 Å². The van der Waals surface area contributed by atoms with Crippen molar-refractivity contribution in [3.8, 4) is 0 Å². The highest BCUT2D eigenvalue weighted by Gasteiger charge is 2.41. The lowest BCUT2D eigenvalue weighted by molar-refractivity contribution is -0.0337. The second-order valence-corrected chi connectivity index (χ2v) is 6.40. The highest BCUT2D eigenvalue weighted by Crippen LogP contribution is 2.37. The van der Waals surface area contributed by atoms with Crippen LogP contribution in [0.15, 0.2) is 12.1 Å². The SMILES string of the molecule is CNC(Cc1c(C)cc(C)cc1C)C1(OC)CCCC1. The summed E-state index contributed by atoms with van der Waals surface area (Å²) < 4.78 is 5.96. The molecule has 2 rings (SSSR count). The van der Waals surface area contributed by atoms with E-state index in [0.717, 1.165) is 6.42 Å². The van der Waals surface area contributed by atoms with Crippen molar-refractivity contribution >= 4 is 0 Å². The van der Waals surface area contributed by atoms with Gasteiger partial charge in [-0.25, -0.2) is 0 Å². The fraction of sp³-hybridized carbons (Fsp3) is 0.667. The summed E-state index contributed by atoms with van der Waals surface area (Å²) in [7, 11) is 3.95. The molecule has 1 unspecified atom stereocenters. The Morgan fingerprint density at radius 1 is 1.15 bits per heavy atom. The zero-order valence-corrected chi connectivity index (χ0v) is 13.7. The molecule has 1 fully saturated rings. The summed E-state index contributed by atoms with van der Waals surface area (Å²) in [5.74, 6) is 0. The zero-order chi connectivity index (χ0) is 14.8. The molecule has 1 saturated carbocycles. The van der Waals surface area contributed by atoms with Crippen LogP contribution in [0.4, 0.5) is 0 Å². The van der Waals surface area contributed by atoms with E-state index in [1.54, 1.807) is 0 Å². The third kappa shape index (κ3) is 2.91. The first-order valence-corrected chi connectivity index (χ1v) is 7.81. The Kier molecular flexibility index (Phi) is 4.87. The van der Waals surface area contributed by atoms with Crippen molar-refractivity contribution in [2.24, 2.45) is 0 Å². The average molecular weight is 275 g/mol. The lowest BCUT2D eigenvalue weighted by Crippen LogP contribution is -2.50. The Hall–Kier alpha value is -0.860. The Labute approximate surface area is 123 Å². The maximum Gasteiger partial charge on any atom is 0.0834 e. The van der Waals surface area contributed by atoms with Gasteiger partial charge in [0.05, 0.1) is 5.60 Å². The van der Waals surface area contributed by atoms with E-state index in [-0.39, 0.29) is 5.60 Å². The topological polar surface area (TPSA) is 21.3 Å². The number of nitrogens with one attached hydrogen (secondary N) is 1. The molecule has 1 aliphatic carbocycles. The van der Waals surface area contributed by atoms with Crippen molar-refractivity contribution < 1.29 is 4.74 Å². The number of hydrogen-bond donors (Lipinski definition) is 1. The van der Waals surface area contributed by atoms with Crippen molar-refractivity contribution in [3.63, 3.8) is 0 Å². The molecule has 2 nitrogen and oxygen atoms in total. The van der Waals surface area contributed by atoms with Crippen LogP contribution in [-0.2, 0) is 11.2 Å². The quantitative estimate of drug-likeness (QED) is 0.884. The summed E-state index contributed by atoms with van der Waals surface area (Å²) in [5, 5.41) is 3.53. The lowest BCUT2D eigenvalue weighted by atomic mass is 9.84. The normalized spacial score (nSPS) is 19.2. The summed E-state index contributed by atoms with van der Waals surface area (Å²) in [6.07, 6.45) is 6.00. The summed E-state index contributed by atoms with van der Waals surface area (Å²) in [5.41, 5.74) is 5.68. The molecule has 0 radical (unpaired) electrons. The second-order valence-electron chi connectivity index (χ2n) is 6.40. The van der Waals surface area contributed by atoms with E-state index < -0.39 is 0 Å². The number of rotatable bonds is 5. The summed E-state index contributed by atoms with van der Waals surface area (Å²) >= 11 is 0. The number of likely N-dealkylation sites (N-methyl/N-ethyl adjacent to an activating group) is 1. The molecule has 0 amide bonds. The fourth-order valence-electron chi connectivity index (χ4n) is 3.96. The van der Waals surface area contributed by atoms with Gasteiger partial charge in [0.15, 0.2) is 0 Å². The van der Waals surface area contributed by atoms with E-state index in [4.69, 9.17) is 4.74 Å². The summed E-state index contributed by atoms with van der Waals surface area (Å²) in [4.78, 5) is 0. The van der Waals surface area contributed by atoms with Crippen LogP contribution >= 0.6 is 0 Å². The van der Waals surface area contributed by atoms with Crippen LogP contribution in [0.3, 0.4) is 0 Å². The smallest absolute Gasteiger partial charge is 0.0834 e. The van der Waals surface area contributed by atoms with Gasteiger partial charge in [-0.05, 0) is 63.8 Å².